The van der Waals surface area contributed by atoms with Gasteiger partial charge >= 0.3 is 0 Å². The number of rotatable bonds is 5. The Labute approximate surface area is 121 Å². The van der Waals surface area contributed by atoms with Gasteiger partial charge in [0.2, 0.25) is 10.0 Å². The quantitative estimate of drug-likeness (QED) is 0.883. The standard InChI is InChI=1S/C13H24N4O2S/c1-4-12-13(10-16(2)15-12)14-8-11-6-5-7-17(9-11)20(3,18)19/h10-11,14H,4-9H2,1-3H3. The molecule has 0 amide bonds. The maximum absolute atomic E-state index is 11.6. The van der Waals surface area contributed by atoms with E-state index in [-0.39, 0.29) is 0 Å². The van der Waals surface area contributed by atoms with Gasteiger partial charge in [-0.15, -0.1) is 0 Å². The van der Waals surface area contributed by atoms with E-state index < -0.39 is 10.0 Å². The number of nitrogens with zero attached hydrogens (tertiary/aromatic N) is 3. The normalized spacial score (nSPS) is 21.1. The molecule has 0 saturated carbocycles. The monoisotopic (exact) mass is 300 g/mol. The fourth-order valence-electron chi connectivity index (χ4n) is 2.69. The van der Waals surface area contributed by atoms with Gasteiger partial charge in [0.25, 0.3) is 0 Å². The summed E-state index contributed by atoms with van der Waals surface area (Å²) >= 11 is 0. The smallest absolute Gasteiger partial charge is 0.211 e. The molecule has 0 aromatic carbocycles. The van der Waals surface area contributed by atoms with Crippen LogP contribution in [0.4, 0.5) is 5.69 Å². The lowest BCUT2D eigenvalue weighted by molar-refractivity contribution is 0.277. The zero-order valence-corrected chi connectivity index (χ0v) is 13.3. The van der Waals surface area contributed by atoms with Gasteiger partial charge in [-0.1, -0.05) is 6.92 Å². The summed E-state index contributed by atoms with van der Waals surface area (Å²) < 4.78 is 26.6. The minimum absolute atomic E-state index is 0.364. The van der Waals surface area contributed by atoms with Gasteiger partial charge in [-0.3, -0.25) is 4.68 Å². The van der Waals surface area contributed by atoms with Crippen LogP contribution >= 0.6 is 0 Å². The largest absolute Gasteiger partial charge is 0.382 e. The zero-order valence-electron chi connectivity index (χ0n) is 12.5. The van der Waals surface area contributed by atoms with E-state index in [1.54, 1.807) is 4.31 Å². The molecule has 1 aliphatic rings. The highest BCUT2D eigenvalue weighted by molar-refractivity contribution is 7.88. The first kappa shape index (κ1) is 15.3. The number of sulfonamides is 1. The van der Waals surface area contributed by atoms with E-state index in [4.69, 9.17) is 0 Å². The zero-order chi connectivity index (χ0) is 14.8. The van der Waals surface area contributed by atoms with Gasteiger partial charge in [0.15, 0.2) is 0 Å². The Balaban J connectivity index is 1.93. The molecule has 1 N–H and O–H groups in total. The van der Waals surface area contributed by atoms with Crippen molar-refractivity contribution in [2.75, 3.05) is 31.2 Å². The molecule has 6 nitrogen and oxygen atoms in total. The molecular formula is C13H24N4O2S. The Morgan fingerprint density at radius 1 is 1.50 bits per heavy atom. The van der Waals surface area contributed by atoms with Crippen LogP contribution in [0.5, 0.6) is 0 Å². The van der Waals surface area contributed by atoms with Crippen LogP contribution in [0, 0.1) is 5.92 Å². The summed E-state index contributed by atoms with van der Waals surface area (Å²) in [7, 11) is -1.15. The molecule has 0 bridgehead atoms. The first-order chi connectivity index (χ1) is 9.40. The summed E-state index contributed by atoms with van der Waals surface area (Å²) in [6.45, 7) is 4.15. The number of aryl methyl sites for hydroxylation is 2. The summed E-state index contributed by atoms with van der Waals surface area (Å²) in [5.74, 6) is 0.364. The van der Waals surface area contributed by atoms with Crippen molar-refractivity contribution < 1.29 is 8.42 Å². The maximum Gasteiger partial charge on any atom is 0.211 e. The molecule has 20 heavy (non-hydrogen) atoms. The molecule has 114 valence electrons. The van der Waals surface area contributed by atoms with Crippen LogP contribution in [0.25, 0.3) is 0 Å². The SMILES string of the molecule is CCc1nn(C)cc1NCC1CCCN(S(C)(=O)=O)C1. The van der Waals surface area contributed by atoms with E-state index in [1.165, 1.54) is 6.26 Å². The van der Waals surface area contributed by atoms with E-state index in [1.807, 2.05) is 17.9 Å². The highest BCUT2D eigenvalue weighted by Crippen LogP contribution is 2.20. The molecule has 0 spiro atoms. The van der Waals surface area contributed by atoms with Gasteiger partial charge in [-0.05, 0) is 25.2 Å². The predicted molar refractivity (Wildman–Crippen MR) is 80.2 cm³/mol. The molecule has 0 aliphatic carbocycles. The van der Waals surface area contributed by atoms with Crippen LogP contribution < -0.4 is 5.32 Å². The van der Waals surface area contributed by atoms with Crippen LogP contribution in [0.1, 0.15) is 25.5 Å². The van der Waals surface area contributed by atoms with Gasteiger partial charge in [-0.2, -0.15) is 5.10 Å². The van der Waals surface area contributed by atoms with Crippen molar-refractivity contribution in [3.8, 4) is 0 Å². The van der Waals surface area contributed by atoms with Crippen LogP contribution in [-0.2, 0) is 23.5 Å². The van der Waals surface area contributed by atoms with Gasteiger partial charge < -0.3 is 5.32 Å². The summed E-state index contributed by atoms with van der Waals surface area (Å²) in [6.07, 6.45) is 6.17. The maximum atomic E-state index is 11.6. The van der Waals surface area contributed by atoms with E-state index in [2.05, 4.69) is 17.3 Å². The molecule has 1 saturated heterocycles. The third-order valence-corrected chi connectivity index (χ3v) is 5.04. The minimum atomic E-state index is -3.06. The molecule has 2 heterocycles. The predicted octanol–water partition coefficient (Wildman–Crippen LogP) is 1.07. The number of nitrogens with one attached hydrogen (secondary N) is 1. The molecule has 1 atom stereocenters. The van der Waals surface area contributed by atoms with Crippen molar-refractivity contribution >= 4 is 15.7 Å². The average molecular weight is 300 g/mol. The summed E-state index contributed by atoms with van der Waals surface area (Å²) in [5, 5.41) is 7.82. The number of hydrogen-bond acceptors (Lipinski definition) is 4. The van der Waals surface area contributed by atoms with Crippen LogP contribution in [0.2, 0.25) is 0 Å². The van der Waals surface area contributed by atoms with Gasteiger partial charge in [0.1, 0.15) is 0 Å². The van der Waals surface area contributed by atoms with Gasteiger partial charge in [0.05, 0.1) is 17.6 Å². The molecule has 1 aliphatic heterocycles. The molecule has 1 aromatic rings. The van der Waals surface area contributed by atoms with Crippen LogP contribution in [0.3, 0.4) is 0 Å². The molecule has 1 aromatic heterocycles. The lowest BCUT2D eigenvalue weighted by Gasteiger charge is -2.31. The number of hydrogen-bond donors (Lipinski definition) is 1. The van der Waals surface area contributed by atoms with Crippen molar-refractivity contribution in [3.63, 3.8) is 0 Å². The summed E-state index contributed by atoms with van der Waals surface area (Å²) in [6, 6.07) is 0. The molecule has 2 rings (SSSR count). The van der Waals surface area contributed by atoms with Crippen molar-refractivity contribution in [3.05, 3.63) is 11.9 Å². The average Bonchev–Trinajstić information content (AvgIpc) is 2.76. The molecular weight excluding hydrogens is 276 g/mol. The van der Waals surface area contributed by atoms with E-state index in [0.717, 1.165) is 37.2 Å². The summed E-state index contributed by atoms with van der Waals surface area (Å²) in [5.41, 5.74) is 2.12. The fraction of sp³-hybridized carbons (Fsp3) is 0.769. The van der Waals surface area contributed by atoms with Crippen LogP contribution in [0.15, 0.2) is 6.20 Å². The van der Waals surface area contributed by atoms with Gasteiger partial charge in [0, 0.05) is 32.9 Å². The second kappa shape index (κ2) is 6.13. The number of anilines is 1. The summed E-state index contributed by atoms with van der Waals surface area (Å²) in [4.78, 5) is 0. The minimum Gasteiger partial charge on any atom is -0.382 e. The molecule has 0 radical (unpaired) electrons. The van der Waals surface area contributed by atoms with Crippen LogP contribution in [-0.4, -0.2) is 48.4 Å². The van der Waals surface area contributed by atoms with Crippen molar-refractivity contribution in [2.45, 2.75) is 26.2 Å². The second-order valence-corrected chi connectivity index (χ2v) is 7.51. The van der Waals surface area contributed by atoms with E-state index >= 15 is 0 Å². The number of aromatic nitrogens is 2. The highest BCUT2D eigenvalue weighted by Gasteiger charge is 2.25. The van der Waals surface area contributed by atoms with E-state index in [9.17, 15) is 8.42 Å². The third-order valence-electron chi connectivity index (χ3n) is 3.77. The Morgan fingerprint density at radius 2 is 2.25 bits per heavy atom. The molecule has 7 heteroatoms. The first-order valence-electron chi connectivity index (χ1n) is 7.11. The third kappa shape index (κ3) is 3.73. The Hall–Kier alpha value is -1.08. The highest BCUT2D eigenvalue weighted by atomic mass is 32.2. The van der Waals surface area contributed by atoms with Gasteiger partial charge in [-0.25, -0.2) is 12.7 Å². The Bertz CT molecular complexity index is 553. The molecule has 1 fully saturated rings. The molecule has 1 unspecified atom stereocenters. The first-order valence-corrected chi connectivity index (χ1v) is 8.96. The lowest BCUT2D eigenvalue weighted by atomic mass is 9.99. The Morgan fingerprint density at radius 3 is 2.90 bits per heavy atom. The second-order valence-electron chi connectivity index (χ2n) is 5.53. The van der Waals surface area contributed by atoms with Crippen molar-refractivity contribution in [1.29, 1.82) is 0 Å². The lowest BCUT2D eigenvalue weighted by Crippen LogP contribution is -2.41. The topological polar surface area (TPSA) is 67.2 Å². The Kier molecular flexibility index (Phi) is 4.70. The van der Waals surface area contributed by atoms with Crippen molar-refractivity contribution in [1.82, 2.24) is 14.1 Å². The van der Waals surface area contributed by atoms with Crippen molar-refractivity contribution in [2.24, 2.45) is 13.0 Å². The fourth-order valence-corrected chi connectivity index (χ4v) is 3.63. The van der Waals surface area contributed by atoms with E-state index in [0.29, 0.717) is 19.0 Å². The number of piperidine rings is 1.